The maximum atomic E-state index is 11.8. The summed E-state index contributed by atoms with van der Waals surface area (Å²) in [5.74, 6) is 1.67. The van der Waals surface area contributed by atoms with Gasteiger partial charge in [-0.1, -0.05) is 6.07 Å². The second-order valence-electron chi connectivity index (χ2n) is 4.51. The van der Waals surface area contributed by atoms with Gasteiger partial charge in [0.05, 0.1) is 19.9 Å². The predicted molar refractivity (Wildman–Crippen MR) is 80.0 cm³/mol. The summed E-state index contributed by atoms with van der Waals surface area (Å²) < 4.78 is 21.0. The van der Waals surface area contributed by atoms with Gasteiger partial charge in [-0.25, -0.2) is 0 Å². The number of ether oxygens (including phenoxy) is 3. The zero-order chi connectivity index (χ0) is 15.8. The average molecular weight is 305 g/mol. The van der Waals surface area contributed by atoms with Gasteiger partial charge < -0.3 is 23.9 Å². The Bertz CT molecular complexity index is 582. The molecule has 22 heavy (non-hydrogen) atoms. The first-order valence-corrected chi connectivity index (χ1v) is 6.82. The molecule has 1 aromatic heterocycles. The molecule has 0 aliphatic rings. The van der Waals surface area contributed by atoms with E-state index in [0.717, 1.165) is 0 Å². The van der Waals surface area contributed by atoms with E-state index in [2.05, 4.69) is 5.32 Å². The van der Waals surface area contributed by atoms with Crippen LogP contribution < -0.4 is 14.8 Å². The van der Waals surface area contributed by atoms with Crippen molar-refractivity contribution in [2.24, 2.45) is 0 Å². The maximum Gasteiger partial charge on any atom is 0.258 e. The first kappa shape index (κ1) is 15.9. The van der Waals surface area contributed by atoms with Crippen molar-refractivity contribution in [2.45, 2.75) is 6.10 Å². The van der Waals surface area contributed by atoms with Crippen molar-refractivity contribution < 1.29 is 23.4 Å². The minimum Gasteiger partial charge on any atom is -0.497 e. The fourth-order valence-electron chi connectivity index (χ4n) is 1.87. The van der Waals surface area contributed by atoms with E-state index < -0.39 is 0 Å². The quantitative estimate of drug-likeness (QED) is 0.809. The predicted octanol–water partition coefficient (Wildman–Crippen LogP) is 2.17. The standard InChI is InChI=1S/C16H19NO5/c1-19-12-5-3-6-13(9-12)22-11-16(18)17-10-15(20-2)14-7-4-8-21-14/h3-9,15H,10-11H2,1-2H3,(H,17,18). The molecule has 0 bridgehead atoms. The van der Waals surface area contributed by atoms with Gasteiger partial charge >= 0.3 is 0 Å². The summed E-state index contributed by atoms with van der Waals surface area (Å²) in [6.07, 6.45) is 1.24. The van der Waals surface area contributed by atoms with Crippen LogP contribution in [0.5, 0.6) is 11.5 Å². The molecule has 0 fully saturated rings. The van der Waals surface area contributed by atoms with Crippen LogP contribution in [0.25, 0.3) is 0 Å². The molecule has 1 N–H and O–H groups in total. The summed E-state index contributed by atoms with van der Waals surface area (Å²) in [7, 11) is 3.14. The molecular formula is C16H19NO5. The van der Waals surface area contributed by atoms with Gasteiger partial charge in [0.2, 0.25) is 0 Å². The van der Waals surface area contributed by atoms with Gasteiger partial charge in [0, 0.05) is 13.2 Å². The summed E-state index contributed by atoms with van der Waals surface area (Å²) in [6.45, 7) is 0.228. The van der Waals surface area contributed by atoms with Gasteiger partial charge in [0.25, 0.3) is 5.91 Å². The molecule has 1 aromatic carbocycles. The number of methoxy groups -OCH3 is 2. The Labute approximate surface area is 129 Å². The zero-order valence-corrected chi connectivity index (χ0v) is 12.6. The Kier molecular flexibility index (Phi) is 5.85. The Morgan fingerprint density at radius 1 is 1.23 bits per heavy atom. The number of carbonyl (C=O) groups excluding carboxylic acids is 1. The van der Waals surface area contributed by atoms with Crippen LogP contribution in [-0.2, 0) is 9.53 Å². The highest BCUT2D eigenvalue weighted by atomic mass is 16.5. The average Bonchev–Trinajstić information content (AvgIpc) is 3.08. The second kappa shape index (κ2) is 8.09. The van der Waals surface area contributed by atoms with E-state index in [-0.39, 0.29) is 18.6 Å². The number of hydrogen-bond donors (Lipinski definition) is 1. The van der Waals surface area contributed by atoms with Gasteiger partial charge in [-0.2, -0.15) is 0 Å². The molecule has 0 spiro atoms. The maximum absolute atomic E-state index is 11.8. The first-order valence-electron chi connectivity index (χ1n) is 6.82. The zero-order valence-electron chi connectivity index (χ0n) is 12.6. The molecule has 0 aliphatic carbocycles. The second-order valence-corrected chi connectivity index (χ2v) is 4.51. The first-order chi connectivity index (χ1) is 10.7. The van der Waals surface area contributed by atoms with E-state index in [1.165, 1.54) is 0 Å². The molecule has 2 rings (SSSR count). The minimum absolute atomic E-state index is 0.0816. The lowest BCUT2D eigenvalue weighted by molar-refractivity contribution is -0.123. The largest absolute Gasteiger partial charge is 0.497 e. The van der Waals surface area contributed by atoms with E-state index in [9.17, 15) is 4.79 Å². The van der Waals surface area contributed by atoms with Crippen LogP contribution in [-0.4, -0.2) is 33.3 Å². The lowest BCUT2D eigenvalue weighted by Crippen LogP contribution is -2.32. The molecule has 6 nitrogen and oxygen atoms in total. The number of nitrogens with one attached hydrogen (secondary N) is 1. The number of rotatable bonds is 8. The van der Waals surface area contributed by atoms with Crippen molar-refractivity contribution in [2.75, 3.05) is 27.4 Å². The molecule has 0 radical (unpaired) electrons. The number of carbonyl (C=O) groups is 1. The molecule has 0 saturated carbocycles. The van der Waals surface area contributed by atoms with Crippen LogP contribution >= 0.6 is 0 Å². The summed E-state index contributed by atoms with van der Waals surface area (Å²) in [4.78, 5) is 11.8. The molecule has 6 heteroatoms. The van der Waals surface area contributed by atoms with Crippen molar-refractivity contribution in [1.82, 2.24) is 5.32 Å². The molecule has 2 aromatic rings. The van der Waals surface area contributed by atoms with E-state index >= 15 is 0 Å². The minimum atomic E-state index is -0.323. The SMILES string of the molecule is COc1cccc(OCC(=O)NCC(OC)c2ccco2)c1. The summed E-state index contributed by atoms with van der Waals surface area (Å²) in [5.41, 5.74) is 0. The van der Waals surface area contributed by atoms with Crippen LogP contribution in [0.3, 0.4) is 0 Å². The lowest BCUT2D eigenvalue weighted by Gasteiger charge is -2.14. The van der Waals surface area contributed by atoms with Gasteiger partial charge in [0.15, 0.2) is 6.61 Å². The third-order valence-electron chi connectivity index (χ3n) is 3.04. The Morgan fingerprint density at radius 2 is 2.05 bits per heavy atom. The number of furan rings is 1. The van der Waals surface area contributed by atoms with Crippen LogP contribution in [0, 0.1) is 0 Å². The Hall–Kier alpha value is -2.47. The van der Waals surface area contributed by atoms with Crippen molar-refractivity contribution in [3.8, 4) is 11.5 Å². The number of hydrogen-bond acceptors (Lipinski definition) is 5. The highest BCUT2D eigenvalue weighted by molar-refractivity contribution is 5.77. The summed E-state index contributed by atoms with van der Waals surface area (Å²) >= 11 is 0. The van der Waals surface area contributed by atoms with Gasteiger partial charge in [-0.3, -0.25) is 4.79 Å². The molecule has 0 saturated heterocycles. The molecule has 1 atom stereocenters. The van der Waals surface area contributed by atoms with Gasteiger partial charge in [0.1, 0.15) is 23.4 Å². The van der Waals surface area contributed by atoms with Crippen molar-refractivity contribution in [3.05, 3.63) is 48.4 Å². The van der Waals surface area contributed by atoms with Crippen molar-refractivity contribution in [3.63, 3.8) is 0 Å². The van der Waals surface area contributed by atoms with Gasteiger partial charge in [-0.05, 0) is 24.3 Å². The Balaban J connectivity index is 1.78. The fourth-order valence-corrected chi connectivity index (χ4v) is 1.87. The van der Waals surface area contributed by atoms with Crippen LogP contribution in [0.15, 0.2) is 47.1 Å². The smallest absolute Gasteiger partial charge is 0.258 e. The normalized spacial score (nSPS) is 11.7. The van der Waals surface area contributed by atoms with Gasteiger partial charge in [-0.15, -0.1) is 0 Å². The van der Waals surface area contributed by atoms with E-state index in [1.54, 1.807) is 56.9 Å². The highest BCUT2D eigenvalue weighted by Crippen LogP contribution is 2.19. The van der Waals surface area contributed by atoms with Crippen LogP contribution in [0.1, 0.15) is 11.9 Å². The molecule has 1 amide bonds. The lowest BCUT2D eigenvalue weighted by atomic mass is 10.2. The molecule has 118 valence electrons. The summed E-state index contributed by atoms with van der Waals surface area (Å²) in [6, 6.07) is 10.6. The monoisotopic (exact) mass is 305 g/mol. The number of benzene rings is 1. The molecule has 0 aliphatic heterocycles. The highest BCUT2D eigenvalue weighted by Gasteiger charge is 2.14. The van der Waals surface area contributed by atoms with Crippen LogP contribution in [0.4, 0.5) is 0 Å². The van der Waals surface area contributed by atoms with E-state index in [1.807, 2.05) is 0 Å². The molecule has 1 unspecified atom stereocenters. The third kappa shape index (κ3) is 4.53. The topological polar surface area (TPSA) is 69.9 Å². The summed E-state index contributed by atoms with van der Waals surface area (Å²) in [5, 5.41) is 2.74. The third-order valence-corrected chi connectivity index (χ3v) is 3.04. The molecular weight excluding hydrogens is 286 g/mol. The molecule has 1 heterocycles. The Morgan fingerprint density at radius 3 is 2.73 bits per heavy atom. The van der Waals surface area contributed by atoms with Crippen LogP contribution in [0.2, 0.25) is 0 Å². The fraction of sp³-hybridized carbons (Fsp3) is 0.312. The van der Waals surface area contributed by atoms with E-state index in [4.69, 9.17) is 18.6 Å². The van der Waals surface area contributed by atoms with Crippen molar-refractivity contribution >= 4 is 5.91 Å². The number of amides is 1. The van der Waals surface area contributed by atoms with E-state index in [0.29, 0.717) is 23.8 Å². The van der Waals surface area contributed by atoms with Crippen molar-refractivity contribution in [1.29, 1.82) is 0 Å².